The van der Waals surface area contributed by atoms with E-state index in [4.69, 9.17) is 0 Å². The van der Waals surface area contributed by atoms with Gasteiger partial charge in [0.15, 0.2) is 5.78 Å². The van der Waals surface area contributed by atoms with Crippen molar-refractivity contribution in [1.29, 1.82) is 0 Å². The van der Waals surface area contributed by atoms with E-state index in [1.54, 1.807) is 31.3 Å². The van der Waals surface area contributed by atoms with Crippen LogP contribution in [0.1, 0.15) is 43.0 Å². The number of nitrogens with one attached hydrogen (secondary N) is 1. The summed E-state index contributed by atoms with van der Waals surface area (Å²) < 4.78 is 0. The van der Waals surface area contributed by atoms with Crippen LogP contribution in [0.4, 0.5) is 10.5 Å². The molecule has 1 fully saturated rings. The Morgan fingerprint density at radius 1 is 1.24 bits per heavy atom. The van der Waals surface area contributed by atoms with E-state index in [1.807, 2.05) is 0 Å². The lowest BCUT2D eigenvalue weighted by Crippen LogP contribution is -2.43. The van der Waals surface area contributed by atoms with Gasteiger partial charge in [0.2, 0.25) is 0 Å². The Morgan fingerprint density at radius 2 is 1.81 bits per heavy atom. The Labute approximate surface area is 125 Å². The minimum atomic E-state index is -0.745. The predicted molar refractivity (Wildman–Crippen MR) is 81.5 cm³/mol. The van der Waals surface area contributed by atoms with Crippen LogP contribution in [0.25, 0.3) is 0 Å². The van der Waals surface area contributed by atoms with E-state index in [9.17, 15) is 14.7 Å². The van der Waals surface area contributed by atoms with E-state index >= 15 is 0 Å². The highest BCUT2D eigenvalue weighted by molar-refractivity contribution is 5.95. The number of hydrogen-bond acceptors (Lipinski definition) is 3. The Bertz CT molecular complexity index is 519. The van der Waals surface area contributed by atoms with Crippen LogP contribution >= 0.6 is 0 Å². The molecule has 2 rings (SSSR count). The van der Waals surface area contributed by atoms with Crippen molar-refractivity contribution in [2.24, 2.45) is 0 Å². The van der Waals surface area contributed by atoms with Gasteiger partial charge >= 0.3 is 6.03 Å². The lowest BCUT2D eigenvalue weighted by Gasteiger charge is -2.28. The number of benzene rings is 1. The summed E-state index contributed by atoms with van der Waals surface area (Å²) in [6.07, 6.45) is 3.52. The third kappa shape index (κ3) is 4.04. The number of amides is 2. The highest BCUT2D eigenvalue weighted by Crippen LogP contribution is 2.30. The zero-order valence-electron chi connectivity index (χ0n) is 12.6. The van der Waals surface area contributed by atoms with Crippen molar-refractivity contribution < 1.29 is 14.7 Å². The fraction of sp³-hybridized carbons (Fsp3) is 0.500. The lowest BCUT2D eigenvalue weighted by molar-refractivity contribution is 0.0261. The third-order valence-electron chi connectivity index (χ3n) is 3.96. The molecule has 0 spiro atoms. The van der Waals surface area contributed by atoms with Crippen LogP contribution in [-0.2, 0) is 0 Å². The number of hydrogen-bond donors (Lipinski definition) is 2. The molecule has 0 radical (unpaired) electrons. The molecule has 0 bridgehead atoms. The first-order chi connectivity index (χ1) is 9.89. The average molecular weight is 290 g/mol. The van der Waals surface area contributed by atoms with E-state index in [1.165, 1.54) is 11.8 Å². The Morgan fingerprint density at radius 3 is 2.33 bits per heavy atom. The monoisotopic (exact) mass is 290 g/mol. The van der Waals surface area contributed by atoms with Gasteiger partial charge < -0.3 is 15.3 Å². The first-order valence-corrected chi connectivity index (χ1v) is 7.25. The third-order valence-corrected chi connectivity index (χ3v) is 3.96. The van der Waals surface area contributed by atoms with Crippen LogP contribution in [0.3, 0.4) is 0 Å². The Kier molecular flexibility index (Phi) is 4.63. The minimum Gasteiger partial charge on any atom is -0.388 e. The van der Waals surface area contributed by atoms with Crippen LogP contribution < -0.4 is 5.32 Å². The molecule has 2 amide bonds. The smallest absolute Gasteiger partial charge is 0.321 e. The fourth-order valence-electron chi connectivity index (χ4n) is 2.71. The summed E-state index contributed by atoms with van der Waals surface area (Å²) in [4.78, 5) is 24.8. The average Bonchev–Trinajstić information content (AvgIpc) is 2.85. The van der Waals surface area contributed by atoms with Crippen molar-refractivity contribution in [2.75, 3.05) is 18.9 Å². The molecule has 1 aliphatic rings. The number of ketones is 1. The summed E-state index contributed by atoms with van der Waals surface area (Å²) in [5, 5.41) is 13.1. The number of nitrogens with zero attached hydrogens (tertiary/aromatic N) is 1. The van der Waals surface area contributed by atoms with E-state index in [0.717, 1.165) is 25.7 Å². The number of carbonyl (C=O) groups is 2. The zero-order valence-corrected chi connectivity index (χ0v) is 12.6. The molecule has 0 atom stereocenters. The Hall–Kier alpha value is -1.88. The quantitative estimate of drug-likeness (QED) is 0.838. The van der Waals surface area contributed by atoms with Gasteiger partial charge in [-0.2, -0.15) is 0 Å². The van der Waals surface area contributed by atoms with Crippen LogP contribution in [0.2, 0.25) is 0 Å². The van der Waals surface area contributed by atoms with Gasteiger partial charge in [-0.15, -0.1) is 0 Å². The van der Waals surface area contributed by atoms with Gasteiger partial charge in [0, 0.05) is 18.3 Å². The SMILES string of the molecule is CC(=O)c1ccc(NC(=O)N(C)CC2(O)CCCC2)cc1. The number of urea groups is 1. The lowest BCUT2D eigenvalue weighted by atomic mass is 10.0. The second kappa shape index (κ2) is 6.26. The number of Topliss-reactive ketones (excluding diaryl/α,β-unsaturated/α-hetero) is 1. The van der Waals surface area contributed by atoms with Crippen molar-refractivity contribution >= 4 is 17.5 Å². The predicted octanol–water partition coefficient (Wildman–Crippen LogP) is 2.66. The number of carbonyl (C=O) groups excluding carboxylic acids is 2. The molecule has 5 heteroatoms. The minimum absolute atomic E-state index is 0.00606. The van der Waals surface area contributed by atoms with Crippen molar-refractivity contribution in [1.82, 2.24) is 4.90 Å². The van der Waals surface area contributed by atoms with Gasteiger partial charge in [-0.25, -0.2) is 4.79 Å². The summed E-state index contributed by atoms with van der Waals surface area (Å²) in [7, 11) is 1.68. The summed E-state index contributed by atoms with van der Waals surface area (Å²) in [6, 6.07) is 6.51. The molecule has 0 saturated heterocycles. The largest absolute Gasteiger partial charge is 0.388 e. The van der Waals surface area contributed by atoms with Gasteiger partial charge in [0.25, 0.3) is 0 Å². The maximum absolute atomic E-state index is 12.1. The molecule has 1 aromatic carbocycles. The highest BCUT2D eigenvalue weighted by Gasteiger charge is 2.33. The molecule has 1 aliphatic carbocycles. The van der Waals surface area contributed by atoms with Gasteiger partial charge in [-0.3, -0.25) is 4.79 Å². The first kappa shape index (κ1) is 15.5. The molecule has 5 nitrogen and oxygen atoms in total. The molecule has 1 aromatic rings. The molecule has 2 N–H and O–H groups in total. The van der Waals surface area contributed by atoms with Gasteiger partial charge in [-0.1, -0.05) is 12.8 Å². The second-order valence-electron chi connectivity index (χ2n) is 5.85. The van der Waals surface area contributed by atoms with Gasteiger partial charge in [0.05, 0.1) is 12.1 Å². The van der Waals surface area contributed by atoms with Crippen molar-refractivity contribution in [2.45, 2.75) is 38.2 Å². The summed E-state index contributed by atoms with van der Waals surface area (Å²) in [5.41, 5.74) is 0.502. The maximum Gasteiger partial charge on any atom is 0.321 e. The van der Waals surface area contributed by atoms with E-state index in [-0.39, 0.29) is 11.8 Å². The molecule has 0 aliphatic heterocycles. The molecule has 1 saturated carbocycles. The van der Waals surface area contributed by atoms with Crippen LogP contribution in [0.5, 0.6) is 0 Å². The van der Waals surface area contributed by atoms with Crippen molar-refractivity contribution in [3.8, 4) is 0 Å². The highest BCUT2D eigenvalue weighted by atomic mass is 16.3. The van der Waals surface area contributed by atoms with E-state index in [2.05, 4.69) is 5.32 Å². The fourth-order valence-corrected chi connectivity index (χ4v) is 2.71. The molecule has 0 aromatic heterocycles. The number of aliphatic hydroxyl groups is 1. The summed E-state index contributed by atoms with van der Waals surface area (Å²) in [6.45, 7) is 1.84. The van der Waals surface area contributed by atoms with Gasteiger partial charge in [-0.05, 0) is 44.0 Å². The topological polar surface area (TPSA) is 69.6 Å². The summed E-state index contributed by atoms with van der Waals surface area (Å²) in [5.74, 6) is -0.00606. The normalized spacial score (nSPS) is 16.5. The standard InChI is InChI=1S/C16H22N2O3/c1-12(19)13-5-7-14(8-6-13)17-15(20)18(2)11-16(21)9-3-4-10-16/h5-8,21H,3-4,9-11H2,1-2H3,(H,17,20). The maximum atomic E-state index is 12.1. The number of anilines is 1. The molecule has 0 heterocycles. The summed E-state index contributed by atoms with van der Waals surface area (Å²) >= 11 is 0. The molecule has 0 unspecified atom stereocenters. The Balaban J connectivity index is 1.92. The second-order valence-corrected chi connectivity index (χ2v) is 5.85. The van der Waals surface area contributed by atoms with Crippen molar-refractivity contribution in [3.63, 3.8) is 0 Å². The first-order valence-electron chi connectivity index (χ1n) is 7.25. The van der Waals surface area contributed by atoms with Crippen LogP contribution in [-0.4, -0.2) is 41.0 Å². The molecule has 21 heavy (non-hydrogen) atoms. The van der Waals surface area contributed by atoms with Crippen LogP contribution in [0, 0.1) is 0 Å². The number of likely N-dealkylation sites (N-methyl/N-ethyl adjacent to an activating group) is 1. The van der Waals surface area contributed by atoms with Gasteiger partial charge in [0.1, 0.15) is 0 Å². The van der Waals surface area contributed by atoms with E-state index in [0.29, 0.717) is 17.8 Å². The number of rotatable bonds is 4. The van der Waals surface area contributed by atoms with E-state index < -0.39 is 5.60 Å². The molecule has 114 valence electrons. The molecular formula is C16H22N2O3. The van der Waals surface area contributed by atoms with Crippen LogP contribution in [0.15, 0.2) is 24.3 Å². The zero-order chi connectivity index (χ0) is 15.5. The van der Waals surface area contributed by atoms with Crippen molar-refractivity contribution in [3.05, 3.63) is 29.8 Å². The molecular weight excluding hydrogens is 268 g/mol.